The van der Waals surface area contributed by atoms with Gasteiger partial charge in [0.2, 0.25) is 0 Å². The number of thioether (sulfide) groups is 1. The molecule has 1 rings (SSSR count). The first-order chi connectivity index (χ1) is 8.61. The smallest absolute Gasteiger partial charge is 0.298 e. The minimum absolute atomic E-state index is 0.0271. The van der Waals surface area contributed by atoms with Crippen LogP contribution in [0.1, 0.15) is 29.3 Å². The molecule has 1 aromatic rings. The molecule has 0 aromatic heterocycles. The quantitative estimate of drug-likeness (QED) is 0.412. The monoisotopic (exact) mass is 362 g/mol. The third-order valence-corrected chi connectivity index (χ3v) is 4.09. The zero-order valence-corrected chi connectivity index (χ0v) is 11.9. The van der Waals surface area contributed by atoms with Gasteiger partial charge >= 0.3 is 5.51 Å². The maximum Gasteiger partial charge on any atom is 0.446 e. The van der Waals surface area contributed by atoms with Gasteiger partial charge < -0.3 is 0 Å². The lowest BCUT2D eigenvalue weighted by atomic mass is 10.1. The van der Waals surface area contributed by atoms with Crippen LogP contribution in [0, 0.1) is 0 Å². The minimum atomic E-state index is -4.61. The SMILES string of the molecule is CC(=O)C(Br)c1ccc(C(F)F)cc1SC(F)(F)F. The number of Topliss-reactive ketones (excluding diaryl/α,β-unsaturated/α-hetero) is 1. The Kier molecular flexibility index (Phi) is 5.37. The molecule has 8 heteroatoms. The molecule has 0 aliphatic heterocycles. The fourth-order valence-corrected chi connectivity index (χ4v) is 2.63. The number of alkyl halides is 6. The molecule has 1 aromatic carbocycles. The van der Waals surface area contributed by atoms with E-state index in [4.69, 9.17) is 0 Å². The molecule has 0 heterocycles. The highest BCUT2D eigenvalue weighted by Crippen LogP contribution is 2.43. The topological polar surface area (TPSA) is 17.1 Å². The van der Waals surface area contributed by atoms with Crippen LogP contribution < -0.4 is 0 Å². The fourth-order valence-electron chi connectivity index (χ4n) is 1.33. The van der Waals surface area contributed by atoms with Gasteiger partial charge in [0, 0.05) is 10.5 Å². The third kappa shape index (κ3) is 4.76. The van der Waals surface area contributed by atoms with Gasteiger partial charge in [-0.25, -0.2) is 8.78 Å². The third-order valence-electron chi connectivity index (χ3n) is 2.15. The summed E-state index contributed by atoms with van der Waals surface area (Å²) in [6.07, 6.45) is -2.87. The van der Waals surface area contributed by atoms with E-state index < -0.39 is 44.8 Å². The van der Waals surface area contributed by atoms with Gasteiger partial charge in [-0.3, -0.25) is 4.79 Å². The summed E-state index contributed by atoms with van der Waals surface area (Å²) in [5, 5.41) is 0. The molecule has 0 saturated carbocycles. The molecule has 0 fully saturated rings. The van der Waals surface area contributed by atoms with Gasteiger partial charge in [-0.15, -0.1) is 0 Å². The molecule has 0 bridgehead atoms. The van der Waals surface area contributed by atoms with Gasteiger partial charge in [0.1, 0.15) is 5.78 Å². The van der Waals surface area contributed by atoms with Crippen LogP contribution in [0.2, 0.25) is 0 Å². The summed E-state index contributed by atoms with van der Waals surface area (Å²) in [5.41, 5.74) is -5.10. The zero-order valence-electron chi connectivity index (χ0n) is 9.47. The summed E-state index contributed by atoms with van der Waals surface area (Å²) in [4.78, 5) is 9.84. The van der Waals surface area contributed by atoms with Crippen molar-refractivity contribution in [3.63, 3.8) is 0 Å². The van der Waals surface area contributed by atoms with Gasteiger partial charge in [-0.05, 0) is 30.3 Å². The van der Waals surface area contributed by atoms with Gasteiger partial charge in [0.15, 0.2) is 0 Å². The van der Waals surface area contributed by atoms with Gasteiger partial charge in [-0.1, -0.05) is 28.1 Å². The molecule has 0 N–H and O–H groups in total. The fraction of sp³-hybridized carbons (Fsp3) is 0.364. The van der Waals surface area contributed by atoms with Gasteiger partial charge in [0.05, 0.1) is 4.83 Å². The molecule has 0 radical (unpaired) electrons. The van der Waals surface area contributed by atoms with Crippen molar-refractivity contribution in [2.45, 2.75) is 28.6 Å². The van der Waals surface area contributed by atoms with Crippen molar-refractivity contribution in [3.8, 4) is 0 Å². The lowest BCUT2D eigenvalue weighted by molar-refractivity contribution is -0.116. The van der Waals surface area contributed by atoms with Gasteiger partial charge in [-0.2, -0.15) is 13.2 Å². The van der Waals surface area contributed by atoms with E-state index in [9.17, 15) is 26.7 Å². The first-order valence-electron chi connectivity index (χ1n) is 4.94. The van der Waals surface area contributed by atoms with Gasteiger partial charge in [0.25, 0.3) is 6.43 Å². The predicted molar refractivity (Wildman–Crippen MR) is 65.7 cm³/mol. The molecule has 0 aliphatic rings. The first-order valence-corrected chi connectivity index (χ1v) is 6.67. The van der Waals surface area contributed by atoms with Crippen molar-refractivity contribution in [2.24, 2.45) is 0 Å². The Morgan fingerprint density at radius 2 is 1.89 bits per heavy atom. The van der Waals surface area contributed by atoms with E-state index in [-0.39, 0.29) is 5.56 Å². The lowest BCUT2D eigenvalue weighted by Gasteiger charge is -2.15. The number of ketones is 1. The van der Waals surface area contributed by atoms with E-state index in [0.717, 1.165) is 18.2 Å². The predicted octanol–water partition coefficient (Wildman–Crippen LogP) is 5.26. The van der Waals surface area contributed by atoms with E-state index in [0.29, 0.717) is 0 Å². The van der Waals surface area contributed by atoms with Crippen LogP contribution in [-0.4, -0.2) is 11.3 Å². The minimum Gasteiger partial charge on any atom is -0.298 e. The zero-order chi connectivity index (χ0) is 14.8. The molecule has 1 unspecified atom stereocenters. The number of hydrogen-bond donors (Lipinski definition) is 0. The molecule has 1 nitrogen and oxygen atoms in total. The molecule has 0 saturated heterocycles. The van der Waals surface area contributed by atoms with Crippen molar-refractivity contribution >= 4 is 33.5 Å². The lowest BCUT2D eigenvalue weighted by Crippen LogP contribution is -2.06. The highest BCUT2D eigenvalue weighted by Gasteiger charge is 2.32. The maximum atomic E-state index is 12.5. The highest BCUT2D eigenvalue weighted by atomic mass is 79.9. The van der Waals surface area contributed by atoms with Crippen molar-refractivity contribution in [1.29, 1.82) is 0 Å². The normalized spacial score (nSPS) is 13.7. The average molecular weight is 363 g/mol. The summed E-state index contributed by atoms with van der Waals surface area (Å²) in [6, 6.07) is 2.88. The van der Waals surface area contributed by atoms with Crippen molar-refractivity contribution < 1.29 is 26.7 Å². The molecule has 1 atom stereocenters. The largest absolute Gasteiger partial charge is 0.446 e. The second-order valence-corrected chi connectivity index (χ2v) is 5.64. The Bertz CT molecular complexity index is 475. The first kappa shape index (κ1) is 16.4. The summed E-state index contributed by atoms with van der Waals surface area (Å²) < 4.78 is 62.2. The standard InChI is InChI=1S/C11H8BrF5OS/c1-5(18)9(12)7-3-2-6(10(13)14)4-8(7)19-11(15,16)17/h2-4,9-10H,1H3. The number of carbonyl (C=O) groups excluding carboxylic acids is 1. The molecule has 0 aliphatic carbocycles. The molecular formula is C11H8BrF5OS. The second kappa shape index (κ2) is 6.21. The van der Waals surface area contributed by atoms with Crippen LogP contribution in [0.3, 0.4) is 0 Å². The molecule has 0 amide bonds. The Morgan fingerprint density at radius 3 is 2.32 bits per heavy atom. The van der Waals surface area contributed by atoms with E-state index in [2.05, 4.69) is 15.9 Å². The van der Waals surface area contributed by atoms with E-state index in [1.165, 1.54) is 6.92 Å². The second-order valence-electron chi connectivity index (χ2n) is 3.62. The number of carbonyl (C=O) groups is 1. The summed E-state index contributed by atoms with van der Waals surface area (Å²) in [5.74, 6) is -0.408. The van der Waals surface area contributed by atoms with E-state index in [1.807, 2.05) is 0 Å². The van der Waals surface area contributed by atoms with Crippen LogP contribution in [0.15, 0.2) is 23.1 Å². The Hall–Kier alpha value is -0.630. The van der Waals surface area contributed by atoms with Crippen molar-refractivity contribution in [1.82, 2.24) is 0 Å². The number of hydrogen-bond acceptors (Lipinski definition) is 2. The van der Waals surface area contributed by atoms with Crippen LogP contribution in [0.25, 0.3) is 0 Å². The van der Waals surface area contributed by atoms with E-state index >= 15 is 0 Å². The Labute approximate surface area is 118 Å². The molecule has 0 spiro atoms. The van der Waals surface area contributed by atoms with Crippen LogP contribution in [0.5, 0.6) is 0 Å². The number of rotatable bonds is 4. The summed E-state index contributed by atoms with van der Waals surface area (Å²) >= 11 is 2.44. The van der Waals surface area contributed by atoms with Crippen molar-refractivity contribution in [2.75, 3.05) is 0 Å². The Morgan fingerprint density at radius 1 is 1.32 bits per heavy atom. The summed E-state index contributed by atoms with van der Waals surface area (Å²) in [7, 11) is 0. The van der Waals surface area contributed by atoms with E-state index in [1.54, 1.807) is 0 Å². The van der Waals surface area contributed by atoms with Crippen LogP contribution in [0.4, 0.5) is 22.0 Å². The van der Waals surface area contributed by atoms with Crippen molar-refractivity contribution in [3.05, 3.63) is 29.3 Å². The number of halogens is 6. The molecular weight excluding hydrogens is 355 g/mol. The maximum absolute atomic E-state index is 12.5. The van der Waals surface area contributed by atoms with Crippen LogP contribution >= 0.6 is 27.7 Å². The highest BCUT2D eigenvalue weighted by molar-refractivity contribution is 9.09. The summed E-state index contributed by atoms with van der Waals surface area (Å²) in [6.45, 7) is 1.20. The number of benzene rings is 1. The average Bonchev–Trinajstić information content (AvgIpc) is 2.25. The Balaban J connectivity index is 3.26. The molecule has 19 heavy (non-hydrogen) atoms. The van der Waals surface area contributed by atoms with Crippen LogP contribution in [-0.2, 0) is 4.79 Å². The molecule has 106 valence electrons.